The highest BCUT2D eigenvalue weighted by Crippen LogP contribution is 2.22. The van der Waals surface area contributed by atoms with Gasteiger partial charge >= 0.3 is 0 Å². The lowest BCUT2D eigenvalue weighted by Crippen LogP contribution is -2.41. The fourth-order valence-corrected chi connectivity index (χ4v) is 1.92. The molecule has 1 heterocycles. The van der Waals surface area contributed by atoms with Gasteiger partial charge in [-0.05, 0) is 26.0 Å². The Labute approximate surface area is 109 Å². The second kappa shape index (κ2) is 4.95. The van der Waals surface area contributed by atoms with Crippen molar-refractivity contribution in [3.63, 3.8) is 0 Å². The highest BCUT2D eigenvalue weighted by Gasteiger charge is 2.33. The fraction of sp³-hybridized carbons (Fsp3) is 0.385. The summed E-state index contributed by atoms with van der Waals surface area (Å²) >= 11 is 0. The van der Waals surface area contributed by atoms with Gasteiger partial charge in [0.05, 0.1) is 17.8 Å². The van der Waals surface area contributed by atoms with Crippen LogP contribution in [-0.2, 0) is 4.84 Å². The molecule has 0 bridgehead atoms. The summed E-state index contributed by atoms with van der Waals surface area (Å²) in [5, 5.41) is 6.37. The first-order valence-corrected chi connectivity index (χ1v) is 5.84. The van der Waals surface area contributed by atoms with E-state index in [0.717, 1.165) is 17.8 Å². The Kier molecular flexibility index (Phi) is 3.50. The molecule has 1 aliphatic rings. The van der Waals surface area contributed by atoms with E-state index >= 15 is 0 Å². The molecule has 0 saturated heterocycles. The summed E-state index contributed by atoms with van der Waals surface area (Å²) in [6.45, 7) is 3.82. The molecule has 0 aromatic heterocycles. The zero-order valence-electron chi connectivity index (χ0n) is 10.7. The van der Waals surface area contributed by atoms with Gasteiger partial charge in [-0.3, -0.25) is 4.79 Å². The van der Waals surface area contributed by atoms with Gasteiger partial charge in [0, 0.05) is 12.5 Å². The van der Waals surface area contributed by atoms with Gasteiger partial charge in [0.25, 0.3) is 5.91 Å². The Bertz CT molecular complexity index is 545. The van der Waals surface area contributed by atoms with Crippen molar-refractivity contribution in [3.8, 4) is 0 Å². The number of halogens is 2. The molecule has 102 valence electrons. The summed E-state index contributed by atoms with van der Waals surface area (Å²) in [5.41, 5.74) is 0.0290. The van der Waals surface area contributed by atoms with E-state index in [9.17, 15) is 13.6 Å². The number of rotatable bonds is 3. The zero-order valence-corrected chi connectivity index (χ0v) is 10.7. The first kappa shape index (κ1) is 13.5. The smallest absolute Gasteiger partial charge is 0.254 e. The number of hydrogen-bond donors (Lipinski definition) is 1. The molecule has 1 aromatic carbocycles. The average Bonchev–Trinajstić information content (AvgIpc) is 2.67. The van der Waals surface area contributed by atoms with Crippen molar-refractivity contribution >= 4 is 11.6 Å². The number of nitrogens with one attached hydrogen (secondary N) is 1. The van der Waals surface area contributed by atoms with Crippen molar-refractivity contribution in [2.75, 3.05) is 6.54 Å². The maximum absolute atomic E-state index is 13.4. The Hall–Kier alpha value is -1.98. The second-order valence-electron chi connectivity index (χ2n) is 4.85. The number of oxime groups is 1. The van der Waals surface area contributed by atoms with Gasteiger partial charge in [-0.1, -0.05) is 5.16 Å². The van der Waals surface area contributed by atoms with E-state index in [1.807, 2.05) is 6.92 Å². The van der Waals surface area contributed by atoms with Crippen LogP contribution in [0.2, 0.25) is 0 Å². The normalized spacial score (nSPS) is 21.8. The molecule has 1 atom stereocenters. The zero-order chi connectivity index (χ0) is 14.0. The molecule has 1 aliphatic heterocycles. The molecule has 0 aliphatic carbocycles. The third kappa shape index (κ3) is 3.07. The highest BCUT2D eigenvalue weighted by atomic mass is 19.1. The predicted molar refractivity (Wildman–Crippen MR) is 65.9 cm³/mol. The highest BCUT2D eigenvalue weighted by molar-refractivity contribution is 5.94. The minimum absolute atomic E-state index is 0.194. The van der Waals surface area contributed by atoms with Gasteiger partial charge in [-0.15, -0.1) is 0 Å². The third-order valence-electron chi connectivity index (χ3n) is 2.85. The van der Waals surface area contributed by atoms with Crippen LogP contribution in [0, 0.1) is 11.6 Å². The van der Waals surface area contributed by atoms with Gasteiger partial charge in [-0.2, -0.15) is 0 Å². The van der Waals surface area contributed by atoms with Crippen LogP contribution in [0.15, 0.2) is 23.4 Å². The maximum Gasteiger partial charge on any atom is 0.254 e. The first-order chi connectivity index (χ1) is 8.89. The van der Waals surface area contributed by atoms with Crippen LogP contribution in [0.3, 0.4) is 0 Å². The van der Waals surface area contributed by atoms with E-state index in [4.69, 9.17) is 4.84 Å². The Morgan fingerprint density at radius 2 is 2.26 bits per heavy atom. The summed E-state index contributed by atoms with van der Waals surface area (Å²) in [6.07, 6.45) is 0.596. The van der Waals surface area contributed by atoms with Crippen LogP contribution in [0.25, 0.3) is 0 Å². The molecule has 0 fully saturated rings. The lowest BCUT2D eigenvalue weighted by Gasteiger charge is -2.21. The van der Waals surface area contributed by atoms with E-state index in [-0.39, 0.29) is 12.1 Å². The molecule has 2 rings (SSSR count). The molecule has 1 N–H and O–H groups in total. The van der Waals surface area contributed by atoms with Gasteiger partial charge in [-0.25, -0.2) is 8.78 Å². The number of nitrogens with zero attached hydrogens (tertiary/aromatic N) is 1. The Morgan fingerprint density at radius 3 is 2.84 bits per heavy atom. The van der Waals surface area contributed by atoms with Gasteiger partial charge in [0.1, 0.15) is 11.6 Å². The number of hydrogen-bond acceptors (Lipinski definition) is 3. The van der Waals surface area contributed by atoms with E-state index < -0.39 is 23.1 Å². The molecule has 0 spiro atoms. The fourth-order valence-electron chi connectivity index (χ4n) is 1.92. The van der Waals surface area contributed by atoms with Crippen LogP contribution in [0.5, 0.6) is 0 Å². The van der Waals surface area contributed by atoms with Crippen molar-refractivity contribution in [2.45, 2.75) is 25.9 Å². The molecular formula is C13H14F2N2O2. The average molecular weight is 268 g/mol. The van der Waals surface area contributed by atoms with Gasteiger partial charge in [0.15, 0.2) is 5.60 Å². The van der Waals surface area contributed by atoms with Crippen LogP contribution < -0.4 is 5.32 Å². The van der Waals surface area contributed by atoms with E-state index in [2.05, 4.69) is 10.5 Å². The van der Waals surface area contributed by atoms with Crippen molar-refractivity contribution in [1.82, 2.24) is 5.32 Å². The first-order valence-electron chi connectivity index (χ1n) is 5.84. The van der Waals surface area contributed by atoms with Crippen LogP contribution >= 0.6 is 0 Å². The van der Waals surface area contributed by atoms with Crippen molar-refractivity contribution in [1.29, 1.82) is 0 Å². The predicted octanol–water partition coefficient (Wildman–Crippen LogP) is 2.25. The summed E-state index contributed by atoms with van der Waals surface area (Å²) in [5.74, 6) is -2.21. The number of amides is 1. The summed E-state index contributed by atoms with van der Waals surface area (Å²) in [6, 6.07) is 2.83. The van der Waals surface area contributed by atoms with E-state index in [1.54, 1.807) is 6.92 Å². The molecule has 1 unspecified atom stereocenters. The molecule has 1 aromatic rings. The van der Waals surface area contributed by atoms with Crippen LogP contribution in [-0.4, -0.2) is 23.8 Å². The van der Waals surface area contributed by atoms with Crippen LogP contribution in [0.1, 0.15) is 30.6 Å². The molecule has 0 radical (unpaired) electrons. The topological polar surface area (TPSA) is 50.7 Å². The molecule has 1 amide bonds. The molecule has 0 saturated carbocycles. The Balaban J connectivity index is 1.98. The lowest BCUT2D eigenvalue weighted by atomic mass is 10.0. The van der Waals surface area contributed by atoms with E-state index in [1.165, 1.54) is 0 Å². The monoisotopic (exact) mass is 268 g/mol. The molecule has 6 heteroatoms. The molecular weight excluding hydrogens is 254 g/mol. The van der Waals surface area contributed by atoms with Crippen molar-refractivity contribution in [2.24, 2.45) is 5.16 Å². The third-order valence-corrected chi connectivity index (χ3v) is 2.85. The van der Waals surface area contributed by atoms with Crippen molar-refractivity contribution < 1.29 is 18.4 Å². The largest absolute Gasteiger partial charge is 0.387 e. The minimum Gasteiger partial charge on any atom is -0.387 e. The summed E-state index contributed by atoms with van der Waals surface area (Å²) < 4.78 is 26.1. The lowest BCUT2D eigenvalue weighted by molar-refractivity contribution is -0.00185. The number of carbonyl (C=O) groups is 1. The van der Waals surface area contributed by atoms with Crippen molar-refractivity contribution in [3.05, 3.63) is 35.4 Å². The SMILES string of the molecule is CC1=NOC(C)(CNC(=O)c2ccc(F)cc2F)C1. The molecule has 4 nitrogen and oxygen atoms in total. The Morgan fingerprint density at radius 1 is 1.53 bits per heavy atom. The van der Waals surface area contributed by atoms with Gasteiger partial charge in [0.2, 0.25) is 0 Å². The minimum atomic E-state index is -0.887. The van der Waals surface area contributed by atoms with Gasteiger partial charge < -0.3 is 10.2 Å². The number of carbonyl (C=O) groups excluding carboxylic acids is 1. The summed E-state index contributed by atoms with van der Waals surface area (Å²) in [4.78, 5) is 17.0. The molecule has 19 heavy (non-hydrogen) atoms. The standard InChI is InChI=1S/C13H14F2N2O2/c1-8-6-13(2,19-17-8)7-16-12(18)10-4-3-9(14)5-11(10)15/h3-5H,6-7H2,1-2H3,(H,16,18). The quantitative estimate of drug-likeness (QED) is 0.914. The summed E-state index contributed by atoms with van der Waals surface area (Å²) in [7, 11) is 0. The van der Waals surface area contributed by atoms with Crippen LogP contribution in [0.4, 0.5) is 8.78 Å². The second-order valence-corrected chi connectivity index (χ2v) is 4.85. The van der Waals surface area contributed by atoms with E-state index in [0.29, 0.717) is 12.5 Å². The number of benzene rings is 1. The maximum atomic E-state index is 13.4.